The number of ether oxygens (including phenoxy) is 2. The van der Waals surface area contributed by atoms with Gasteiger partial charge < -0.3 is 19.0 Å². The van der Waals surface area contributed by atoms with Gasteiger partial charge in [0, 0.05) is 24.1 Å². The molecule has 2 N–H and O–H groups in total. The predicted octanol–water partition coefficient (Wildman–Crippen LogP) is 5.73. The van der Waals surface area contributed by atoms with E-state index in [1.807, 2.05) is 31.2 Å². The van der Waals surface area contributed by atoms with Crippen LogP contribution in [0.5, 0.6) is 11.5 Å². The molecule has 1 saturated carbocycles. The first-order valence-corrected chi connectivity index (χ1v) is 12.9. The number of hydrogen-bond donors (Lipinski definition) is 2. The predicted molar refractivity (Wildman–Crippen MR) is 140 cm³/mol. The van der Waals surface area contributed by atoms with Crippen molar-refractivity contribution in [3.05, 3.63) is 69.9 Å². The lowest BCUT2D eigenvalue weighted by Gasteiger charge is -2.14. The quantitative estimate of drug-likeness (QED) is 0.350. The Labute approximate surface area is 217 Å². The molecule has 200 valence electrons. The van der Waals surface area contributed by atoms with Crippen molar-refractivity contribution in [2.24, 2.45) is 11.8 Å². The first-order chi connectivity index (χ1) is 17.8. The van der Waals surface area contributed by atoms with Gasteiger partial charge >= 0.3 is 11.7 Å². The molecule has 0 spiro atoms. The van der Waals surface area contributed by atoms with Crippen LogP contribution in [-0.4, -0.2) is 30.7 Å². The molecule has 1 aliphatic carbocycles. The second-order valence-electron chi connectivity index (χ2n) is 9.79. The molecular formula is C29H37NO7. The Hall–Kier alpha value is -3.55. The van der Waals surface area contributed by atoms with E-state index in [9.17, 15) is 19.5 Å². The molecule has 0 radical (unpaired) electrons. The molecule has 2 atom stereocenters. The molecule has 1 aromatic heterocycles. The summed E-state index contributed by atoms with van der Waals surface area (Å²) in [5.74, 6) is 0.227. The zero-order valence-electron chi connectivity index (χ0n) is 21.8. The van der Waals surface area contributed by atoms with Crippen molar-refractivity contribution in [1.82, 2.24) is 5.32 Å². The summed E-state index contributed by atoms with van der Waals surface area (Å²) in [5.41, 5.74) is -0.211. The fourth-order valence-electron chi connectivity index (χ4n) is 4.53. The minimum Gasteiger partial charge on any atom is -0.507 e. The second kappa shape index (κ2) is 13.7. The van der Waals surface area contributed by atoms with Crippen molar-refractivity contribution in [2.75, 3.05) is 13.7 Å². The lowest BCUT2D eigenvalue weighted by atomic mass is 9.92. The third-order valence-electron chi connectivity index (χ3n) is 6.83. The van der Waals surface area contributed by atoms with E-state index in [1.165, 1.54) is 45.1 Å². The second-order valence-corrected chi connectivity index (χ2v) is 9.79. The molecule has 1 aromatic carbocycles. The molecule has 1 aliphatic rings. The van der Waals surface area contributed by atoms with Crippen LogP contribution in [0.3, 0.4) is 0 Å². The molecule has 0 bridgehead atoms. The normalized spacial score (nSPS) is 15.4. The van der Waals surface area contributed by atoms with Crippen molar-refractivity contribution >= 4 is 11.9 Å². The van der Waals surface area contributed by atoms with Gasteiger partial charge in [-0.25, -0.2) is 9.59 Å². The highest BCUT2D eigenvalue weighted by atomic mass is 16.5. The summed E-state index contributed by atoms with van der Waals surface area (Å²) in [5, 5.41) is 12.9. The zero-order chi connectivity index (χ0) is 26.8. The maximum Gasteiger partial charge on any atom is 0.410 e. The number of rotatable bonds is 12. The number of Topliss-reactive ketones (excluding diaryl/α,β-unsaturated/α-hetero) is 1. The molecule has 8 heteroatoms. The number of ketones is 1. The first-order valence-electron chi connectivity index (χ1n) is 12.9. The van der Waals surface area contributed by atoms with Crippen molar-refractivity contribution in [2.45, 2.75) is 64.7 Å². The molecule has 2 aromatic rings. The Morgan fingerprint density at radius 3 is 2.54 bits per heavy atom. The number of alkyl carbamates (subject to hydrolysis) is 1. The summed E-state index contributed by atoms with van der Waals surface area (Å²) < 4.78 is 15.8. The van der Waals surface area contributed by atoms with E-state index >= 15 is 0 Å². The maximum absolute atomic E-state index is 13.0. The monoisotopic (exact) mass is 511 g/mol. The van der Waals surface area contributed by atoms with Gasteiger partial charge in [0.1, 0.15) is 22.8 Å². The molecule has 1 fully saturated rings. The summed E-state index contributed by atoms with van der Waals surface area (Å²) in [4.78, 5) is 36.7. The fourth-order valence-corrected chi connectivity index (χ4v) is 4.53. The van der Waals surface area contributed by atoms with Gasteiger partial charge in [0.2, 0.25) is 0 Å². The summed E-state index contributed by atoms with van der Waals surface area (Å²) in [6, 6.07) is 9.01. The van der Waals surface area contributed by atoms with Gasteiger partial charge in [-0.2, -0.15) is 0 Å². The number of methoxy groups -OCH3 is 1. The minimum absolute atomic E-state index is 0.183. The fraction of sp³-hybridized carbons (Fsp3) is 0.483. The molecule has 8 nitrogen and oxygen atoms in total. The van der Waals surface area contributed by atoms with Crippen LogP contribution in [0.1, 0.15) is 80.0 Å². The van der Waals surface area contributed by atoms with Crippen LogP contribution in [0, 0.1) is 11.8 Å². The summed E-state index contributed by atoms with van der Waals surface area (Å²) in [6.07, 6.45) is 9.31. The highest BCUT2D eigenvalue weighted by molar-refractivity contribution is 5.99. The van der Waals surface area contributed by atoms with Gasteiger partial charge in [-0.3, -0.25) is 10.1 Å². The van der Waals surface area contributed by atoms with Gasteiger partial charge in [-0.05, 0) is 55.7 Å². The number of nitrogens with one attached hydrogen (secondary N) is 1. The van der Waals surface area contributed by atoms with E-state index in [0.717, 1.165) is 17.9 Å². The highest BCUT2D eigenvalue weighted by Crippen LogP contribution is 2.28. The third-order valence-corrected chi connectivity index (χ3v) is 6.83. The van der Waals surface area contributed by atoms with Crippen molar-refractivity contribution in [3.8, 4) is 11.5 Å². The van der Waals surface area contributed by atoms with E-state index in [-0.39, 0.29) is 17.2 Å². The van der Waals surface area contributed by atoms with E-state index in [2.05, 4.69) is 10.1 Å². The van der Waals surface area contributed by atoms with E-state index in [4.69, 9.17) is 9.15 Å². The standard InChI is InChI=1S/C29H37NO7/c1-19(8-6-7-15-30-29(34)35-3)25-17-24(31)26(28(33)37-25)27(32)20(2)16-21-11-13-23(14-12-21)36-18-22-9-4-5-10-22/h7,11-15,17,19-20,22,31H,4-6,8-10,16,18H2,1-3H3,(H,30,34)/b15-7+. The van der Waals surface area contributed by atoms with Crippen molar-refractivity contribution in [3.63, 3.8) is 0 Å². The zero-order valence-corrected chi connectivity index (χ0v) is 21.8. The number of aromatic hydroxyl groups is 1. The van der Waals surface area contributed by atoms with Gasteiger partial charge in [-0.1, -0.05) is 44.9 Å². The van der Waals surface area contributed by atoms with Crippen LogP contribution in [0.4, 0.5) is 4.79 Å². The average molecular weight is 512 g/mol. The molecule has 2 unspecified atom stereocenters. The highest BCUT2D eigenvalue weighted by Gasteiger charge is 2.25. The number of benzene rings is 1. The van der Waals surface area contributed by atoms with Crippen LogP contribution < -0.4 is 15.7 Å². The average Bonchev–Trinajstić information content (AvgIpc) is 3.41. The number of hydrogen-bond acceptors (Lipinski definition) is 7. The van der Waals surface area contributed by atoms with Gasteiger partial charge in [-0.15, -0.1) is 0 Å². The van der Waals surface area contributed by atoms with Crippen molar-refractivity contribution < 1.29 is 28.6 Å². The van der Waals surface area contributed by atoms with Crippen LogP contribution in [0.25, 0.3) is 0 Å². The number of allylic oxidation sites excluding steroid dienone is 1. The number of carbonyl (C=O) groups excluding carboxylic acids is 2. The topological polar surface area (TPSA) is 115 Å². The van der Waals surface area contributed by atoms with E-state index in [1.54, 1.807) is 13.0 Å². The molecule has 1 amide bonds. The van der Waals surface area contributed by atoms with Crippen LogP contribution in [0.2, 0.25) is 0 Å². The number of amides is 1. The Morgan fingerprint density at radius 2 is 1.89 bits per heavy atom. The van der Waals surface area contributed by atoms with E-state index in [0.29, 0.717) is 30.9 Å². The van der Waals surface area contributed by atoms with Crippen LogP contribution in [-0.2, 0) is 11.2 Å². The largest absolute Gasteiger partial charge is 0.507 e. The van der Waals surface area contributed by atoms with Crippen molar-refractivity contribution in [1.29, 1.82) is 0 Å². The van der Waals surface area contributed by atoms with Crippen LogP contribution >= 0.6 is 0 Å². The molecule has 37 heavy (non-hydrogen) atoms. The molecule has 3 rings (SSSR count). The van der Waals surface area contributed by atoms with Gasteiger partial charge in [0.25, 0.3) is 0 Å². The number of carbonyl (C=O) groups is 2. The lowest BCUT2D eigenvalue weighted by Crippen LogP contribution is -2.22. The summed E-state index contributed by atoms with van der Waals surface area (Å²) in [7, 11) is 1.28. The SMILES string of the molecule is COC(=O)N/C=C/CCC(C)c1cc(O)c(C(=O)C(C)Cc2ccc(OCC3CCCC3)cc2)c(=O)o1. The summed E-state index contributed by atoms with van der Waals surface area (Å²) in [6.45, 7) is 4.32. The lowest BCUT2D eigenvalue weighted by molar-refractivity contribution is 0.0921. The molecule has 0 aliphatic heterocycles. The Kier molecular flexibility index (Phi) is 10.4. The molecule has 0 saturated heterocycles. The molecule has 1 heterocycles. The smallest absolute Gasteiger partial charge is 0.410 e. The Bertz CT molecular complexity index is 1130. The Balaban J connectivity index is 1.55. The maximum atomic E-state index is 13.0. The van der Waals surface area contributed by atoms with Gasteiger partial charge in [0.15, 0.2) is 5.78 Å². The van der Waals surface area contributed by atoms with Gasteiger partial charge in [0.05, 0.1) is 13.7 Å². The molecular weight excluding hydrogens is 474 g/mol. The first kappa shape index (κ1) is 28.0. The van der Waals surface area contributed by atoms with Crippen LogP contribution in [0.15, 0.2) is 51.8 Å². The summed E-state index contributed by atoms with van der Waals surface area (Å²) >= 11 is 0. The van der Waals surface area contributed by atoms with E-state index < -0.39 is 23.4 Å². The minimum atomic E-state index is -0.836. The Morgan fingerprint density at radius 1 is 1.19 bits per heavy atom. The third kappa shape index (κ3) is 8.23.